The fourth-order valence-corrected chi connectivity index (χ4v) is 1.96. The molecule has 6 heteroatoms. The van der Waals surface area contributed by atoms with Gasteiger partial charge < -0.3 is 10.1 Å². The summed E-state index contributed by atoms with van der Waals surface area (Å²) in [5.74, 6) is 0. The predicted octanol–water partition coefficient (Wildman–Crippen LogP) is -0.230. The Morgan fingerprint density at radius 2 is 2.15 bits per heavy atom. The maximum atomic E-state index is 11.2. The molecule has 0 aromatic carbocycles. The first-order chi connectivity index (χ1) is 6.20. The summed E-state index contributed by atoms with van der Waals surface area (Å²) in [6.07, 6.45) is 0. The summed E-state index contributed by atoms with van der Waals surface area (Å²) < 4.78 is 0.434. The first-order valence-corrected chi connectivity index (χ1v) is 4.38. The van der Waals surface area contributed by atoms with E-state index in [4.69, 9.17) is 5.11 Å². The third-order valence-electron chi connectivity index (χ3n) is 1.62. The summed E-state index contributed by atoms with van der Waals surface area (Å²) in [5.41, 5.74) is -0.467. The Bertz CT molecular complexity index is 551. The summed E-state index contributed by atoms with van der Waals surface area (Å²) in [6.45, 7) is -0.124. The highest BCUT2D eigenvalue weighted by atomic mass is 32.1. The van der Waals surface area contributed by atoms with E-state index in [1.165, 1.54) is 11.3 Å². The van der Waals surface area contributed by atoms with Gasteiger partial charge >= 0.3 is 5.69 Å². The third-order valence-corrected chi connectivity index (χ3v) is 2.74. The zero-order chi connectivity index (χ0) is 9.42. The van der Waals surface area contributed by atoms with E-state index in [9.17, 15) is 9.59 Å². The summed E-state index contributed by atoms with van der Waals surface area (Å²) in [7, 11) is 0. The molecule has 0 fully saturated rings. The Morgan fingerprint density at radius 1 is 1.38 bits per heavy atom. The number of rotatable bonds is 1. The number of nitrogens with one attached hydrogen (secondary N) is 2. The van der Waals surface area contributed by atoms with Gasteiger partial charge in [-0.05, 0) is 6.07 Å². The van der Waals surface area contributed by atoms with Crippen LogP contribution in [0.25, 0.3) is 10.2 Å². The van der Waals surface area contributed by atoms with Gasteiger partial charge in [0.2, 0.25) is 0 Å². The molecule has 0 spiro atoms. The minimum absolute atomic E-state index is 0.124. The average molecular weight is 198 g/mol. The maximum Gasteiger partial charge on any atom is 0.326 e. The number of thiophene rings is 1. The average Bonchev–Trinajstić information content (AvgIpc) is 2.47. The van der Waals surface area contributed by atoms with Crippen LogP contribution in [0.4, 0.5) is 0 Å². The van der Waals surface area contributed by atoms with E-state index in [0.717, 1.165) is 0 Å². The van der Waals surface area contributed by atoms with Crippen LogP contribution in [0, 0.1) is 0 Å². The Morgan fingerprint density at radius 3 is 2.85 bits per heavy atom. The minimum Gasteiger partial charge on any atom is -0.391 e. The van der Waals surface area contributed by atoms with Crippen LogP contribution in [0.15, 0.2) is 15.7 Å². The Labute approximate surface area is 75.7 Å². The number of aliphatic hydroxyl groups excluding tert-OH is 1. The molecule has 0 saturated carbocycles. The molecule has 2 heterocycles. The van der Waals surface area contributed by atoms with Crippen LogP contribution in [0.2, 0.25) is 0 Å². The van der Waals surface area contributed by atoms with Gasteiger partial charge in [0.1, 0.15) is 4.70 Å². The molecule has 0 bridgehead atoms. The number of H-pyrrole nitrogens is 2. The Kier molecular flexibility index (Phi) is 1.78. The van der Waals surface area contributed by atoms with Crippen molar-refractivity contribution in [1.82, 2.24) is 9.97 Å². The van der Waals surface area contributed by atoms with Crippen LogP contribution in [-0.2, 0) is 6.61 Å². The molecule has 0 atom stereocenters. The van der Waals surface area contributed by atoms with E-state index in [2.05, 4.69) is 9.97 Å². The van der Waals surface area contributed by atoms with Gasteiger partial charge in [-0.25, -0.2) is 4.79 Å². The number of aromatic nitrogens is 2. The van der Waals surface area contributed by atoms with Crippen LogP contribution < -0.4 is 11.2 Å². The Hall–Kier alpha value is -1.40. The first-order valence-electron chi connectivity index (χ1n) is 3.56. The van der Waals surface area contributed by atoms with Crippen molar-refractivity contribution in [3.63, 3.8) is 0 Å². The second-order valence-corrected chi connectivity index (χ2v) is 3.66. The lowest BCUT2D eigenvalue weighted by Gasteiger charge is -1.84. The predicted molar refractivity (Wildman–Crippen MR) is 49.0 cm³/mol. The lowest BCUT2D eigenvalue weighted by molar-refractivity contribution is 0.285. The number of hydrogen-bond donors (Lipinski definition) is 3. The SMILES string of the molecule is O=c1[nH]c(=O)c2sc(CO)cc2[nH]1. The van der Waals surface area contributed by atoms with E-state index >= 15 is 0 Å². The van der Waals surface area contributed by atoms with Gasteiger partial charge in [0.25, 0.3) is 5.56 Å². The second kappa shape index (κ2) is 2.82. The summed E-state index contributed by atoms with van der Waals surface area (Å²) in [4.78, 5) is 27.3. The van der Waals surface area contributed by atoms with Crippen molar-refractivity contribution in [2.45, 2.75) is 6.61 Å². The molecule has 0 aliphatic heterocycles. The van der Waals surface area contributed by atoms with Gasteiger partial charge in [0.15, 0.2) is 0 Å². The molecule has 5 nitrogen and oxygen atoms in total. The van der Waals surface area contributed by atoms with E-state index in [1.54, 1.807) is 6.07 Å². The molecule has 2 aromatic rings. The molecule has 0 amide bonds. The smallest absolute Gasteiger partial charge is 0.326 e. The highest BCUT2D eigenvalue weighted by Crippen LogP contribution is 2.19. The fraction of sp³-hybridized carbons (Fsp3) is 0.143. The van der Waals surface area contributed by atoms with Gasteiger partial charge in [-0.3, -0.25) is 9.78 Å². The molecule has 2 aromatic heterocycles. The van der Waals surface area contributed by atoms with E-state index in [-0.39, 0.29) is 6.61 Å². The Balaban J connectivity index is 2.91. The molecular weight excluding hydrogens is 192 g/mol. The van der Waals surface area contributed by atoms with Crippen molar-refractivity contribution < 1.29 is 5.11 Å². The molecule has 68 valence electrons. The first kappa shape index (κ1) is 8.21. The van der Waals surface area contributed by atoms with Gasteiger partial charge in [-0.15, -0.1) is 11.3 Å². The maximum absolute atomic E-state index is 11.2. The topological polar surface area (TPSA) is 85.9 Å². The molecule has 2 rings (SSSR count). The summed E-state index contributed by atoms with van der Waals surface area (Å²) >= 11 is 1.17. The second-order valence-electron chi connectivity index (χ2n) is 2.52. The molecule has 13 heavy (non-hydrogen) atoms. The zero-order valence-corrected chi connectivity index (χ0v) is 7.27. The number of fused-ring (bicyclic) bond motifs is 1. The molecule has 0 radical (unpaired) electrons. The normalized spacial score (nSPS) is 10.8. The van der Waals surface area contributed by atoms with E-state index in [1.807, 2.05) is 0 Å². The number of aliphatic hydroxyl groups is 1. The monoisotopic (exact) mass is 198 g/mol. The quantitative estimate of drug-likeness (QED) is 0.591. The highest BCUT2D eigenvalue weighted by molar-refractivity contribution is 7.18. The van der Waals surface area contributed by atoms with Crippen LogP contribution in [0.3, 0.4) is 0 Å². The van der Waals surface area contributed by atoms with Crippen molar-refractivity contribution in [3.05, 3.63) is 31.8 Å². The fourth-order valence-electron chi connectivity index (χ4n) is 1.09. The van der Waals surface area contributed by atoms with Gasteiger partial charge in [-0.1, -0.05) is 0 Å². The van der Waals surface area contributed by atoms with Crippen molar-refractivity contribution in [3.8, 4) is 0 Å². The highest BCUT2D eigenvalue weighted by Gasteiger charge is 2.05. The molecular formula is C7H6N2O3S. The third kappa shape index (κ3) is 1.30. The van der Waals surface area contributed by atoms with Gasteiger partial charge in [-0.2, -0.15) is 0 Å². The molecule has 3 N–H and O–H groups in total. The molecule has 0 aliphatic carbocycles. The largest absolute Gasteiger partial charge is 0.391 e. The zero-order valence-electron chi connectivity index (χ0n) is 6.46. The summed E-state index contributed by atoms with van der Waals surface area (Å²) in [6, 6.07) is 1.59. The van der Waals surface area contributed by atoms with E-state index in [0.29, 0.717) is 15.1 Å². The van der Waals surface area contributed by atoms with Crippen molar-refractivity contribution >= 4 is 21.6 Å². The van der Waals surface area contributed by atoms with E-state index < -0.39 is 11.2 Å². The molecule has 0 aliphatic rings. The van der Waals surface area contributed by atoms with Crippen molar-refractivity contribution in [2.75, 3.05) is 0 Å². The molecule has 0 unspecified atom stereocenters. The lowest BCUT2D eigenvalue weighted by Crippen LogP contribution is -2.20. The van der Waals surface area contributed by atoms with Crippen molar-refractivity contribution in [1.29, 1.82) is 0 Å². The van der Waals surface area contributed by atoms with Crippen LogP contribution in [0.1, 0.15) is 4.88 Å². The van der Waals surface area contributed by atoms with Crippen molar-refractivity contribution in [2.24, 2.45) is 0 Å². The van der Waals surface area contributed by atoms with Crippen LogP contribution in [-0.4, -0.2) is 15.1 Å². The minimum atomic E-state index is -0.528. The number of aromatic amines is 2. The number of hydrogen-bond acceptors (Lipinski definition) is 4. The van der Waals surface area contributed by atoms with Crippen LogP contribution in [0.5, 0.6) is 0 Å². The summed E-state index contributed by atoms with van der Waals surface area (Å²) in [5, 5.41) is 8.80. The standard InChI is InChI=1S/C7H6N2O3S/c10-2-3-1-4-5(13-3)6(11)9-7(12)8-4/h1,10H,2H2,(H2,8,9,11,12). The molecule has 0 saturated heterocycles. The van der Waals surface area contributed by atoms with Crippen LogP contribution >= 0.6 is 11.3 Å². The van der Waals surface area contributed by atoms with Gasteiger partial charge in [0.05, 0.1) is 12.1 Å². The van der Waals surface area contributed by atoms with Gasteiger partial charge in [0, 0.05) is 4.88 Å². The lowest BCUT2D eigenvalue weighted by atomic mass is 10.4.